The monoisotopic (exact) mass is 568 g/mol. The molecule has 172 valence electrons. The van der Waals surface area contributed by atoms with E-state index < -0.39 is 11.7 Å². The van der Waals surface area contributed by atoms with E-state index in [-0.39, 0.29) is 0 Å². The highest BCUT2D eigenvalue weighted by Crippen LogP contribution is 2.35. The van der Waals surface area contributed by atoms with Crippen molar-refractivity contribution in [1.29, 1.82) is 0 Å². The van der Waals surface area contributed by atoms with Crippen LogP contribution >= 0.6 is 22.6 Å². The first-order chi connectivity index (χ1) is 16.5. The van der Waals surface area contributed by atoms with Crippen LogP contribution in [0.25, 0.3) is 10.8 Å². The molecule has 0 saturated heterocycles. The van der Waals surface area contributed by atoms with Crippen LogP contribution < -0.4 is 14.9 Å². The number of hydrogen-bond acceptors (Lipinski definition) is 4. The summed E-state index contributed by atoms with van der Waals surface area (Å²) >= 11 is 2.20. The molecule has 4 rings (SSSR count). The number of amides is 1. The average molecular weight is 568 g/mol. The van der Waals surface area contributed by atoms with Gasteiger partial charge >= 0.3 is 0 Å². The van der Waals surface area contributed by atoms with Crippen LogP contribution in [0, 0.1) is 9.39 Å². The van der Waals surface area contributed by atoms with Crippen molar-refractivity contribution in [3.63, 3.8) is 0 Å². The summed E-state index contributed by atoms with van der Waals surface area (Å²) in [5, 5.41) is 6.34. The molecular formula is C27H22FIN2O3. The number of benzene rings is 4. The molecule has 7 heteroatoms. The highest BCUT2D eigenvalue weighted by atomic mass is 127. The van der Waals surface area contributed by atoms with Gasteiger partial charge in [-0.05, 0) is 87.8 Å². The van der Waals surface area contributed by atoms with Gasteiger partial charge in [0.2, 0.25) is 0 Å². The molecule has 0 atom stereocenters. The number of hydrogen-bond donors (Lipinski definition) is 1. The molecule has 0 aliphatic rings. The van der Waals surface area contributed by atoms with Crippen molar-refractivity contribution in [2.45, 2.75) is 13.5 Å². The van der Waals surface area contributed by atoms with E-state index in [2.05, 4.69) is 57.4 Å². The minimum absolute atomic E-state index is 0.320. The number of rotatable bonds is 8. The topological polar surface area (TPSA) is 59.9 Å². The average Bonchev–Trinajstić information content (AvgIpc) is 2.84. The molecule has 4 aromatic carbocycles. The molecule has 5 nitrogen and oxygen atoms in total. The first-order valence-electron chi connectivity index (χ1n) is 10.7. The van der Waals surface area contributed by atoms with Gasteiger partial charge in [0.1, 0.15) is 12.4 Å². The normalized spacial score (nSPS) is 11.0. The molecule has 34 heavy (non-hydrogen) atoms. The molecule has 0 spiro atoms. The lowest BCUT2D eigenvalue weighted by molar-refractivity contribution is 0.0955. The summed E-state index contributed by atoms with van der Waals surface area (Å²) < 4.78 is 25.9. The Bertz CT molecular complexity index is 1330. The van der Waals surface area contributed by atoms with Gasteiger partial charge in [0.05, 0.1) is 16.4 Å². The molecule has 4 aromatic rings. The highest BCUT2D eigenvalue weighted by molar-refractivity contribution is 14.1. The van der Waals surface area contributed by atoms with Crippen LogP contribution in [-0.2, 0) is 6.61 Å². The van der Waals surface area contributed by atoms with Crippen molar-refractivity contribution in [1.82, 2.24) is 5.43 Å². The van der Waals surface area contributed by atoms with E-state index in [1.807, 2.05) is 37.3 Å². The van der Waals surface area contributed by atoms with E-state index in [9.17, 15) is 9.18 Å². The summed E-state index contributed by atoms with van der Waals surface area (Å²) in [6.07, 6.45) is 1.53. The van der Waals surface area contributed by atoms with Crippen LogP contribution in [0.4, 0.5) is 4.39 Å². The van der Waals surface area contributed by atoms with E-state index in [1.165, 1.54) is 30.5 Å². The van der Waals surface area contributed by atoms with Crippen LogP contribution in [0.5, 0.6) is 11.5 Å². The van der Waals surface area contributed by atoms with Crippen molar-refractivity contribution in [3.8, 4) is 11.5 Å². The quantitative estimate of drug-likeness (QED) is 0.154. The Morgan fingerprint density at radius 1 is 1.03 bits per heavy atom. The van der Waals surface area contributed by atoms with Gasteiger partial charge in [-0.15, -0.1) is 0 Å². The van der Waals surface area contributed by atoms with Crippen LogP contribution in [0.3, 0.4) is 0 Å². The molecule has 0 heterocycles. The number of ether oxygens (including phenoxy) is 2. The Labute approximate surface area is 210 Å². The SMILES string of the molecule is CCOc1cc(/C=N\NC(=O)c2ccc(F)cc2)cc(I)c1OCc1cccc2ccccc12. The molecule has 1 N–H and O–H groups in total. The minimum atomic E-state index is -0.425. The second-order valence-corrected chi connectivity index (χ2v) is 8.56. The van der Waals surface area contributed by atoms with Gasteiger partial charge in [0.25, 0.3) is 5.91 Å². The van der Waals surface area contributed by atoms with E-state index in [4.69, 9.17) is 9.47 Å². The lowest BCUT2D eigenvalue weighted by Gasteiger charge is -2.15. The van der Waals surface area contributed by atoms with Crippen LogP contribution in [0.15, 0.2) is 84.0 Å². The molecule has 0 saturated carbocycles. The molecule has 1 amide bonds. The second kappa shape index (κ2) is 11.1. The zero-order chi connectivity index (χ0) is 23.9. The second-order valence-electron chi connectivity index (χ2n) is 7.40. The van der Waals surface area contributed by atoms with Gasteiger partial charge in [0.15, 0.2) is 11.5 Å². The molecule has 0 radical (unpaired) electrons. The summed E-state index contributed by atoms with van der Waals surface area (Å²) in [5.41, 5.74) is 4.60. The van der Waals surface area contributed by atoms with E-state index in [0.29, 0.717) is 30.3 Å². The van der Waals surface area contributed by atoms with Crippen LogP contribution in [0.2, 0.25) is 0 Å². The van der Waals surface area contributed by atoms with Gasteiger partial charge < -0.3 is 9.47 Å². The lowest BCUT2D eigenvalue weighted by atomic mass is 10.1. The first kappa shape index (κ1) is 23.7. The zero-order valence-corrected chi connectivity index (χ0v) is 20.6. The lowest BCUT2D eigenvalue weighted by Crippen LogP contribution is -2.17. The van der Waals surface area contributed by atoms with Gasteiger partial charge in [-0.2, -0.15) is 5.10 Å². The Balaban J connectivity index is 1.50. The van der Waals surface area contributed by atoms with Crippen molar-refractivity contribution in [3.05, 3.63) is 105 Å². The van der Waals surface area contributed by atoms with Gasteiger partial charge in [-0.1, -0.05) is 42.5 Å². The Hall–Kier alpha value is -3.46. The zero-order valence-electron chi connectivity index (χ0n) is 18.4. The van der Waals surface area contributed by atoms with E-state index in [0.717, 1.165) is 25.5 Å². The molecule has 0 bridgehead atoms. The standard InChI is InChI=1S/C27H22FIN2O3/c1-2-33-25-15-18(16-30-31-27(32)20-10-12-22(28)13-11-20)14-24(29)26(25)34-17-21-8-5-7-19-6-3-4-9-23(19)21/h3-16H,2,17H2,1H3,(H,31,32)/b30-16-. The summed E-state index contributed by atoms with van der Waals surface area (Å²) in [6, 6.07) is 23.3. The number of carbonyl (C=O) groups is 1. The maximum Gasteiger partial charge on any atom is 0.271 e. The number of nitrogens with zero attached hydrogens (tertiary/aromatic N) is 1. The van der Waals surface area contributed by atoms with Crippen LogP contribution in [0.1, 0.15) is 28.4 Å². The molecule has 0 aliphatic heterocycles. The van der Waals surface area contributed by atoms with E-state index in [1.54, 1.807) is 0 Å². The third-order valence-corrected chi connectivity index (χ3v) is 5.87. The third kappa shape index (κ3) is 5.72. The van der Waals surface area contributed by atoms with Crippen molar-refractivity contribution in [2.75, 3.05) is 6.61 Å². The summed E-state index contributed by atoms with van der Waals surface area (Å²) in [7, 11) is 0. The fourth-order valence-electron chi connectivity index (χ4n) is 3.47. The van der Waals surface area contributed by atoms with Gasteiger partial charge in [-0.3, -0.25) is 4.79 Å². The predicted octanol–water partition coefficient (Wildman–Crippen LogP) is 6.33. The molecule has 0 aliphatic carbocycles. The van der Waals surface area contributed by atoms with Gasteiger partial charge in [0, 0.05) is 5.56 Å². The predicted molar refractivity (Wildman–Crippen MR) is 140 cm³/mol. The molecular weight excluding hydrogens is 546 g/mol. The van der Waals surface area contributed by atoms with Gasteiger partial charge in [-0.25, -0.2) is 9.82 Å². The highest BCUT2D eigenvalue weighted by Gasteiger charge is 2.13. The Kier molecular flexibility index (Phi) is 7.74. The summed E-state index contributed by atoms with van der Waals surface area (Å²) in [4.78, 5) is 12.2. The number of hydrazone groups is 1. The van der Waals surface area contributed by atoms with Crippen molar-refractivity contribution < 1.29 is 18.7 Å². The Morgan fingerprint density at radius 2 is 1.79 bits per heavy atom. The molecule has 0 unspecified atom stereocenters. The number of halogens is 2. The largest absolute Gasteiger partial charge is 0.490 e. The maximum atomic E-state index is 13.0. The summed E-state index contributed by atoms with van der Waals surface area (Å²) in [6.45, 7) is 2.78. The Morgan fingerprint density at radius 3 is 2.59 bits per heavy atom. The van der Waals surface area contributed by atoms with Crippen molar-refractivity contribution >= 4 is 45.5 Å². The van der Waals surface area contributed by atoms with E-state index >= 15 is 0 Å². The smallest absolute Gasteiger partial charge is 0.271 e. The number of nitrogens with one attached hydrogen (secondary N) is 1. The maximum absolute atomic E-state index is 13.0. The fraction of sp³-hybridized carbons (Fsp3) is 0.111. The number of carbonyl (C=O) groups excluding carboxylic acids is 1. The molecule has 0 fully saturated rings. The first-order valence-corrected chi connectivity index (χ1v) is 11.8. The number of fused-ring (bicyclic) bond motifs is 1. The third-order valence-electron chi connectivity index (χ3n) is 5.07. The van der Waals surface area contributed by atoms with Crippen molar-refractivity contribution in [2.24, 2.45) is 5.10 Å². The van der Waals surface area contributed by atoms with Crippen LogP contribution in [-0.4, -0.2) is 18.7 Å². The molecule has 0 aromatic heterocycles. The summed E-state index contributed by atoms with van der Waals surface area (Å²) in [5.74, 6) is 0.427. The minimum Gasteiger partial charge on any atom is -0.490 e. The fourth-order valence-corrected chi connectivity index (χ4v) is 4.25.